The first-order valence-electron chi connectivity index (χ1n) is 7.01. The smallest absolute Gasteiger partial charge is 0.251 e. The summed E-state index contributed by atoms with van der Waals surface area (Å²) in [4.78, 5) is 23.5. The molecule has 0 aliphatic heterocycles. The first-order chi connectivity index (χ1) is 10.6. The molecule has 0 saturated heterocycles. The highest BCUT2D eigenvalue weighted by Gasteiger charge is 2.05. The fourth-order valence-corrected chi connectivity index (χ4v) is 2.03. The van der Waals surface area contributed by atoms with E-state index in [4.69, 9.17) is 0 Å². The number of nitrogens with one attached hydrogen (secondary N) is 3. The molecule has 2 amide bonds. The third-order valence-electron chi connectivity index (χ3n) is 3.11. The Balaban J connectivity index is 1.92. The van der Waals surface area contributed by atoms with E-state index in [1.807, 2.05) is 37.3 Å². The minimum absolute atomic E-state index is 0.130. The normalized spacial score (nSPS) is 9.91. The van der Waals surface area contributed by atoms with Crippen LogP contribution in [0.3, 0.4) is 0 Å². The van der Waals surface area contributed by atoms with E-state index < -0.39 is 0 Å². The zero-order valence-corrected chi connectivity index (χ0v) is 12.6. The van der Waals surface area contributed by atoms with E-state index in [9.17, 15) is 9.59 Å². The van der Waals surface area contributed by atoms with E-state index in [1.165, 1.54) is 0 Å². The molecular weight excluding hydrogens is 278 g/mol. The van der Waals surface area contributed by atoms with Crippen molar-refractivity contribution in [3.63, 3.8) is 0 Å². The van der Waals surface area contributed by atoms with Crippen molar-refractivity contribution in [2.24, 2.45) is 0 Å². The maximum absolute atomic E-state index is 11.9. The lowest BCUT2D eigenvalue weighted by Gasteiger charge is -2.09. The molecule has 0 aliphatic carbocycles. The molecule has 0 atom stereocenters. The standard InChI is InChI=1S/C17H19N3O2/c1-12-5-3-8-15(9-12)20-16(21)11-19-14-7-4-6-13(10-14)17(22)18-2/h3-10,19H,11H2,1-2H3,(H,18,22)(H,20,21). The molecule has 22 heavy (non-hydrogen) atoms. The summed E-state index contributed by atoms with van der Waals surface area (Å²) in [5, 5.41) is 8.39. The average molecular weight is 297 g/mol. The minimum Gasteiger partial charge on any atom is -0.376 e. The van der Waals surface area contributed by atoms with E-state index in [0.29, 0.717) is 5.56 Å². The summed E-state index contributed by atoms with van der Waals surface area (Å²) >= 11 is 0. The second kappa shape index (κ2) is 7.26. The van der Waals surface area contributed by atoms with Crippen molar-refractivity contribution in [3.05, 3.63) is 59.7 Å². The van der Waals surface area contributed by atoms with E-state index in [0.717, 1.165) is 16.9 Å². The maximum atomic E-state index is 11.9. The molecule has 0 radical (unpaired) electrons. The Labute approximate surface area is 129 Å². The average Bonchev–Trinajstić information content (AvgIpc) is 2.52. The summed E-state index contributed by atoms with van der Waals surface area (Å²) in [5.41, 5.74) is 3.13. The summed E-state index contributed by atoms with van der Waals surface area (Å²) in [7, 11) is 1.58. The molecule has 0 bridgehead atoms. The van der Waals surface area contributed by atoms with Gasteiger partial charge >= 0.3 is 0 Å². The van der Waals surface area contributed by atoms with Crippen LogP contribution in [-0.2, 0) is 4.79 Å². The lowest BCUT2D eigenvalue weighted by atomic mass is 10.2. The quantitative estimate of drug-likeness (QED) is 0.793. The lowest BCUT2D eigenvalue weighted by Crippen LogP contribution is -2.22. The number of anilines is 2. The van der Waals surface area contributed by atoms with Crippen molar-refractivity contribution < 1.29 is 9.59 Å². The van der Waals surface area contributed by atoms with E-state index in [1.54, 1.807) is 25.2 Å². The van der Waals surface area contributed by atoms with E-state index in [-0.39, 0.29) is 18.4 Å². The van der Waals surface area contributed by atoms with Gasteiger partial charge in [-0.15, -0.1) is 0 Å². The van der Waals surface area contributed by atoms with Crippen molar-refractivity contribution in [1.82, 2.24) is 5.32 Å². The largest absolute Gasteiger partial charge is 0.376 e. The van der Waals surface area contributed by atoms with Crippen LogP contribution in [0.5, 0.6) is 0 Å². The number of aryl methyl sites for hydroxylation is 1. The van der Waals surface area contributed by atoms with Crippen LogP contribution < -0.4 is 16.0 Å². The molecular formula is C17H19N3O2. The fourth-order valence-electron chi connectivity index (χ4n) is 2.03. The van der Waals surface area contributed by atoms with Gasteiger partial charge in [0.25, 0.3) is 5.91 Å². The van der Waals surface area contributed by atoms with Gasteiger partial charge in [0.05, 0.1) is 6.54 Å². The molecule has 2 aromatic carbocycles. The van der Waals surface area contributed by atoms with Crippen LogP contribution in [0.1, 0.15) is 15.9 Å². The number of rotatable bonds is 5. The molecule has 2 rings (SSSR count). The zero-order valence-electron chi connectivity index (χ0n) is 12.6. The lowest BCUT2D eigenvalue weighted by molar-refractivity contribution is -0.114. The molecule has 0 spiro atoms. The van der Waals surface area contributed by atoms with Crippen molar-refractivity contribution in [1.29, 1.82) is 0 Å². The van der Waals surface area contributed by atoms with Gasteiger partial charge in [-0.05, 0) is 42.8 Å². The Kier molecular flexibility index (Phi) is 5.14. The third kappa shape index (κ3) is 4.34. The summed E-state index contributed by atoms with van der Waals surface area (Å²) in [5.74, 6) is -0.302. The van der Waals surface area contributed by atoms with Crippen LogP contribution in [0, 0.1) is 6.92 Å². The summed E-state index contributed by atoms with van der Waals surface area (Å²) in [6.45, 7) is 2.10. The molecule has 0 unspecified atom stereocenters. The van der Waals surface area contributed by atoms with Gasteiger partial charge in [-0.1, -0.05) is 18.2 Å². The highest BCUT2D eigenvalue weighted by Crippen LogP contribution is 2.11. The molecule has 5 heteroatoms. The number of hydrogen-bond acceptors (Lipinski definition) is 3. The molecule has 0 heterocycles. The first kappa shape index (κ1) is 15.6. The van der Waals surface area contributed by atoms with Crippen LogP contribution in [0.2, 0.25) is 0 Å². The van der Waals surface area contributed by atoms with E-state index >= 15 is 0 Å². The maximum Gasteiger partial charge on any atom is 0.251 e. The Morgan fingerprint density at radius 1 is 1.00 bits per heavy atom. The Hall–Kier alpha value is -2.82. The van der Waals surface area contributed by atoms with Crippen molar-refractivity contribution in [2.45, 2.75) is 6.92 Å². The molecule has 0 fully saturated rings. The first-order valence-corrected chi connectivity index (χ1v) is 7.01. The van der Waals surface area contributed by atoms with Crippen molar-refractivity contribution in [2.75, 3.05) is 24.2 Å². The predicted molar refractivity (Wildman–Crippen MR) is 88.1 cm³/mol. The van der Waals surface area contributed by atoms with Gasteiger partial charge in [-0.3, -0.25) is 9.59 Å². The number of hydrogen-bond donors (Lipinski definition) is 3. The van der Waals surface area contributed by atoms with Gasteiger partial charge in [0, 0.05) is 24.0 Å². The Morgan fingerprint density at radius 3 is 2.45 bits per heavy atom. The van der Waals surface area contributed by atoms with Gasteiger partial charge in [0.15, 0.2) is 0 Å². The predicted octanol–water partition coefficient (Wildman–Crippen LogP) is 2.41. The molecule has 5 nitrogen and oxygen atoms in total. The van der Waals surface area contributed by atoms with Gasteiger partial charge in [-0.2, -0.15) is 0 Å². The Bertz CT molecular complexity index is 683. The van der Waals surface area contributed by atoms with Crippen LogP contribution >= 0.6 is 0 Å². The SMILES string of the molecule is CNC(=O)c1cccc(NCC(=O)Nc2cccc(C)c2)c1. The minimum atomic E-state index is -0.159. The van der Waals surface area contributed by atoms with Crippen molar-refractivity contribution >= 4 is 23.2 Å². The van der Waals surface area contributed by atoms with Gasteiger partial charge in [-0.25, -0.2) is 0 Å². The topological polar surface area (TPSA) is 70.2 Å². The van der Waals surface area contributed by atoms with Crippen LogP contribution in [0.15, 0.2) is 48.5 Å². The van der Waals surface area contributed by atoms with Gasteiger partial charge < -0.3 is 16.0 Å². The number of carbonyl (C=O) groups excluding carboxylic acids is 2. The summed E-state index contributed by atoms with van der Waals surface area (Å²) in [6, 6.07) is 14.6. The molecule has 2 aromatic rings. The highest BCUT2D eigenvalue weighted by molar-refractivity contribution is 5.96. The van der Waals surface area contributed by atoms with Gasteiger partial charge in [0.1, 0.15) is 0 Å². The Morgan fingerprint density at radius 2 is 1.73 bits per heavy atom. The number of amides is 2. The van der Waals surface area contributed by atoms with Crippen LogP contribution in [0.4, 0.5) is 11.4 Å². The van der Waals surface area contributed by atoms with Crippen LogP contribution in [0.25, 0.3) is 0 Å². The molecule has 114 valence electrons. The second-order valence-electron chi connectivity index (χ2n) is 4.93. The third-order valence-corrected chi connectivity index (χ3v) is 3.11. The molecule has 0 aliphatic rings. The number of benzene rings is 2. The summed E-state index contributed by atoms with van der Waals surface area (Å²) in [6.07, 6.45) is 0. The molecule has 0 saturated carbocycles. The van der Waals surface area contributed by atoms with Crippen LogP contribution in [-0.4, -0.2) is 25.4 Å². The monoisotopic (exact) mass is 297 g/mol. The van der Waals surface area contributed by atoms with Gasteiger partial charge in [0.2, 0.25) is 5.91 Å². The highest BCUT2D eigenvalue weighted by atomic mass is 16.2. The molecule has 0 aromatic heterocycles. The second-order valence-corrected chi connectivity index (χ2v) is 4.93. The fraction of sp³-hybridized carbons (Fsp3) is 0.176. The van der Waals surface area contributed by atoms with Crippen molar-refractivity contribution in [3.8, 4) is 0 Å². The number of carbonyl (C=O) groups is 2. The van der Waals surface area contributed by atoms with E-state index in [2.05, 4.69) is 16.0 Å². The zero-order chi connectivity index (χ0) is 15.9. The summed E-state index contributed by atoms with van der Waals surface area (Å²) < 4.78 is 0. The molecule has 3 N–H and O–H groups in total.